The molecule has 0 spiro atoms. The quantitative estimate of drug-likeness (QED) is 0.713. The number of aromatic nitrogens is 3. The monoisotopic (exact) mass is 245 g/mol. The Bertz CT molecular complexity index is 480. The van der Waals surface area contributed by atoms with Gasteiger partial charge in [-0.2, -0.15) is 5.10 Å². The van der Waals surface area contributed by atoms with Crippen LogP contribution in [-0.4, -0.2) is 31.3 Å². The second kappa shape index (κ2) is 5.31. The maximum Gasteiger partial charge on any atom is 0.346 e. The fourth-order valence-electron chi connectivity index (χ4n) is 1.17. The molecule has 0 saturated carbocycles. The average Bonchev–Trinajstić information content (AvgIpc) is 2.23. The van der Waals surface area contributed by atoms with Crippen molar-refractivity contribution in [3.05, 3.63) is 20.8 Å². The van der Waals surface area contributed by atoms with Gasteiger partial charge in [-0.1, -0.05) is 18.7 Å². The maximum absolute atomic E-state index is 11.7. The zero-order valence-corrected chi connectivity index (χ0v) is 10.3. The SMILES string of the molecule is CC(CCO)Sc1nn(C)c(=O)n(C)c1=O. The van der Waals surface area contributed by atoms with E-state index in [0.29, 0.717) is 6.42 Å². The van der Waals surface area contributed by atoms with Crippen LogP contribution < -0.4 is 11.2 Å². The molecular weight excluding hydrogens is 230 g/mol. The predicted molar refractivity (Wildman–Crippen MR) is 61.7 cm³/mol. The molecule has 0 fully saturated rings. The molecule has 0 aliphatic carbocycles. The minimum absolute atomic E-state index is 0.0697. The van der Waals surface area contributed by atoms with Gasteiger partial charge in [-0.3, -0.25) is 9.36 Å². The van der Waals surface area contributed by atoms with E-state index < -0.39 is 11.2 Å². The highest BCUT2D eigenvalue weighted by atomic mass is 32.2. The van der Waals surface area contributed by atoms with Gasteiger partial charge < -0.3 is 5.11 Å². The lowest BCUT2D eigenvalue weighted by molar-refractivity contribution is 0.289. The largest absolute Gasteiger partial charge is 0.396 e. The van der Waals surface area contributed by atoms with Crippen molar-refractivity contribution in [2.75, 3.05) is 6.61 Å². The molecule has 0 aliphatic rings. The lowest BCUT2D eigenvalue weighted by Crippen LogP contribution is -2.39. The zero-order valence-electron chi connectivity index (χ0n) is 9.51. The molecule has 1 aromatic heterocycles. The summed E-state index contributed by atoms with van der Waals surface area (Å²) in [4.78, 5) is 23.1. The third-order valence-electron chi connectivity index (χ3n) is 2.14. The summed E-state index contributed by atoms with van der Waals surface area (Å²) >= 11 is 1.27. The highest BCUT2D eigenvalue weighted by Gasteiger charge is 2.12. The van der Waals surface area contributed by atoms with Gasteiger partial charge in [0, 0.05) is 26.0 Å². The van der Waals surface area contributed by atoms with Crippen LogP contribution in [0.15, 0.2) is 14.6 Å². The Morgan fingerprint density at radius 3 is 2.62 bits per heavy atom. The number of aryl methyl sites for hydroxylation is 1. The molecule has 1 rings (SSSR count). The minimum Gasteiger partial charge on any atom is -0.396 e. The standard InChI is InChI=1S/C9H15N3O3S/c1-6(4-5-13)16-7-8(14)11(2)9(15)12(3)10-7/h6,13H,4-5H2,1-3H3. The van der Waals surface area contributed by atoms with Crippen molar-refractivity contribution in [1.29, 1.82) is 0 Å². The summed E-state index contributed by atoms with van der Waals surface area (Å²) in [5.41, 5.74) is -0.831. The first-order valence-corrected chi connectivity index (χ1v) is 5.77. The Morgan fingerprint density at radius 2 is 2.06 bits per heavy atom. The normalized spacial score (nSPS) is 12.8. The molecule has 1 N–H and O–H groups in total. The Kier molecular flexibility index (Phi) is 4.31. The van der Waals surface area contributed by atoms with Crippen LogP contribution in [0.2, 0.25) is 0 Å². The molecule has 6 nitrogen and oxygen atoms in total. The van der Waals surface area contributed by atoms with Crippen molar-refractivity contribution in [1.82, 2.24) is 14.3 Å². The van der Waals surface area contributed by atoms with E-state index >= 15 is 0 Å². The van der Waals surface area contributed by atoms with Crippen LogP contribution in [0.1, 0.15) is 13.3 Å². The van der Waals surface area contributed by atoms with E-state index in [4.69, 9.17) is 5.11 Å². The topological polar surface area (TPSA) is 77.1 Å². The summed E-state index contributed by atoms with van der Waals surface area (Å²) in [5.74, 6) is 0. The summed E-state index contributed by atoms with van der Waals surface area (Å²) in [6.45, 7) is 1.97. The highest BCUT2D eigenvalue weighted by Crippen LogP contribution is 2.18. The van der Waals surface area contributed by atoms with Gasteiger partial charge in [0.1, 0.15) is 0 Å². The van der Waals surface area contributed by atoms with E-state index in [1.54, 1.807) is 0 Å². The minimum atomic E-state index is -0.441. The number of nitrogens with zero attached hydrogens (tertiary/aromatic N) is 3. The molecule has 0 amide bonds. The van der Waals surface area contributed by atoms with Crippen LogP contribution in [0, 0.1) is 0 Å². The molecule has 1 atom stereocenters. The molecular formula is C9H15N3O3S. The average molecular weight is 245 g/mol. The number of aliphatic hydroxyl groups excluding tert-OH is 1. The van der Waals surface area contributed by atoms with Crippen LogP contribution in [0.3, 0.4) is 0 Å². The van der Waals surface area contributed by atoms with Crippen molar-refractivity contribution < 1.29 is 5.11 Å². The molecule has 0 bridgehead atoms. The summed E-state index contributed by atoms with van der Waals surface area (Å²) in [7, 11) is 2.93. The Balaban J connectivity index is 3.07. The third kappa shape index (κ3) is 2.73. The number of aliphatic hydroxyl groups is 1. The van der Waals surface area contributed by atoms with Crippen LogP contribution in [0.5, 0.6) is 0 Å². The fraction of sp³-hybridized carbons (Fsp3) is 0.667. The summed E-state index contributed by atoms with van der Waals surface area (Å²) < 4.78 is 2.16. The van der Waals surface area contributed by atoms with Gasteiger partial charge in [-0.25, -0.2) is 9.48 Å². The van der Waals surface area contributed by atoms with Crippen molar-refractivity contribution >= 4 is 11.8 Å². The van der Waals surface area contributed by atoms with Crippen molar-refractivity contribution in [3.8, 4) is 0 Å². The lowest BCUT2D eigenvalue weighted by Gasteiger charge is -2.09. The second-order valence-electron chi connectivity index (χ2n) is 3.52. The van der Waals surface area contributed by atoms with Gasteiger partial charge in [-0.15, -0.1) is 0 Å². The molecule has 1 unspecified atom stereocenters. The first-order valence-electron chi connectivity index (χ1n) is 4.89. The van der Waals surface area contributed by atoms with Crippen LogP contribution in [0.4, 0.5) is 0 Å². The van der Waals surface area contributed by atoms with Gasteiger partial charge in [0.05, 0.1) is 0 Å². The van der Waals surface area contributed by atoms with Gasteiger partial charge in [0.15, 0.2) is 5.03 Å². The predicted octanol–water partition coefficient (Wildman–Crippen LogP) is -0.658. The first kappa shape index (κ1) is 13.0. The second-order valence-corrected chi connectivity index (χ2v) is 4.94. The molecule has 0 aromatic carbocycles. The smallest absolute Gasteiger partial charge is 0.346 e. The Morgan fingerprint density at radius 1 is 1.44 bits per heavy atom. The molecule has 0 aliphatic heterocycles. The number of hydrogen-bond acceptors (Lipinski definition) is 5. The van der Waals surface area contributed by atoms with Gasteiger partial charge in [0.25, 0.3) is 5.56 Å². The molecule has 0 saturated heterocycles. The third-order valence-corrected chi connectivity index (χ3v) is 3.26. The fourth-order valence-corrected chi connectivity index (χ4v) is 2.19. The highest BCUT2D eigenvalue weighted by molar-refractivity contribution is 7.99. The van der Waals surface area contributed by atoms with Crippen molar-refractivity contribution in [3.63, 3.8) is 0 Å². The van der Waals surface area contributed by atoms with Gasteiger partial charge in [-0.05, 0) is 6.42 Å². The molecule has 1 heterocycles. The van der Waals surface area contributed by atoms with E-state index in [-0.39, 0.29) is 16.9 Å². The Labute approximate surface area is 96.9 Å². The summed E-state index contributed by atoms with van der Waals surface area (Å²) in [6.07, 6.45) is 0.582. The molecule has 16 heavy (non-hydrogen) atoms. The van der Waals surface area contributed by atoms with Crippen LogP contribution in [0.25, 0.3) is 0 Å². The maximum atomic E-state index is 11.7. The van der Waals surface area contributed by atoms with E-state index in [1.807, 2.05) is 6.92 Å². The van der Waals surface area contributed by atoms with E-state index in [2.05, 4.69) is 5.10 Å². The van der Waals surface area contributed by atoms with E-state index in [9.17, 15) is 9.59 Å². The number of hydrogen-bond donors (Lipinski definition) is 1. The zero-order chi connectivity index (χ0) is 12.3. The summed E-state index contributed by atoms with van der Waals surface area (Å²) in [5, 5.41) is 13.0. The number of thioether (sulfide) groups is 1. The first-order chi connectivity index (χ1) is 7.47. The lowest BCUT2D eigenvalue weighted by atomic mass is 10.3. The van der Waals surface area contributed by atoms with Crippen molar-refractivity contribution in [2.45, 2.75) is 23.6 Å². The van der Waals surface area contributed by atoms with Gasteiger partial charge >= 0.3 is 5.69 Å². The Hall–Kier alpha value is -1.08. The molecule has 1 aromatic rings. The molecule has 90 valence electrons. The molecule has 7 heteroatoms. The van der Waals surface area contributed by atoms with E-state index in [1.165, 1.54) is 25.9 Å². The summed E-state index contributed by atoms with van der Waals surface area (Å²) in [6, 6.07) is 0. The molecule has 0 radical (unpaired) electrons. The number of rotatable bonds is 4. The van der Waals surface area contributed by atoms with Crippen molar-refractivity contribution in [2.24, 2.45) is 14.1 Å². The van der Waals surface area contributed by atoms with Crippen LogP contribution in [-0.2, 0) is 14.1 Å². The van der Waals surface area contributed by atoms with Crippen LogP contribution >= 0.6 is 11.8 Å². The van der Waals surface area contributed by atoms with Gasteiger partial charge in [0.2, 0.25) is 0 Å². The van der Waals surface area contributed by atoms with E-state index in [0.717, 1.165) is 9.25 Å².